The van der Waals surface area contributed by atoms with Gasteiger partial charge in [-0.3, -0.25) is 9.59 Å². The number of fused-ring (bicyclic) bond motifs is 2. The number of hydrogen-bond acceptors (Lipinski definition) is 8. The van der Waals surface area contributed by atoms with Crippen LogP contribution in [0.3, 0.4) is 0 Å². The highest BCUT2D eigenvalue weighted by molar-refractivity contribution is 7.99. The van der Waals surface area contributed by atoms with Gasteiger partial charge in [0.05, 0.1) is 9.79 Å². The summed E-state index contributed by atoms with van der Waals surface area (Å²) in [7, 11) is -7.56. The van der Waals surface area contributed by atoms with Gasteiger partial charge in [-0.15, -0.1) is 0 Å². The summed E-state index contributed by atoms with van der Waals surface area (Å²) in [6.45, 7) is 1.58. The fourth-order valence-electron chi connectivity index (χ4n) is 4.30. The topological polar surface area (TPSA) is 109 Å². The van der Waals surface area contributed by atoms with E-state index in [2.05, 4.69) is 0 Å². The zero-order valence-corrected chi connectivity index (χ0v) is 21.4. The third-order valence-electron chi connectivity index (χ3n) is 6.18. The molecule has 3 aliphatic rings. The average Bonchev–Trinajstić information content (AvgIpc) is 2.87. The second-order valence-electron chi connectivity index (χ2n) is 8.11. The molecule has 2 aliphatic heterocycles. The molecule has 180 valence electrons. The van der Waals surface area contributed by atoms with Crippen molar-refractivity contribution in [3.05, 3.63) is 58.7 Å². The molecule has 0 radical (unpaired) electrons. The van der Waals surface area contributed by atoms with Gasteiger partial charge < -0.3 is 0 Å². The Kier molecular flexibility index (Phi) is 6.40. The fourth-order valence-corrected chi connectivity index (χ4v) is 9.51. The zero-order chi connectivity index (χ0) is 24.1. The monoisotopic (exact) mass is 538 g/mol. The fraction of sp³-hybridized carbons (Fsp3) is 0.364. The molecule has 0 bridgehead atoms. The van der Waals surface area contributed by atoms with Crippen molar-refractivity contribution in [3.8, 4) is 0 Å². The highest BCUT2D eigenvalue weighted by atomic mass is 32.2. The van der Waals surface area contributed by atoms with Gasteiger partial charge in [0.25, 0.3) is 0 Å². The van der Waals surface area contributed by atoms with Crippen molar-refractivity contribution in [2.24, 2.45) is 0 Å². The van der Waals surface area contributed by atoms with Crippen LogP contribution in [0.15, 0.2) is 46.2 Å². The summed E-state index contributed by atoms with van der Waals surface area (Å²) >= 11 is 3.37. The van der Waals surface area contributed by atoms with Crippen molar-refractivity contribution in [3.63, 3.8) is 0 Å². The first-order chi connectivity index (χ1) is 16.2. The van der Waals surface area contributed by atoms with E-state index in [1.807, 2.05) is 0 Å². The Morgan fingerprint density at radius 3 is 1.26 bits per heavy atom. The lowest BCUT2D eigenvalue weighted by atomic mass is 9.84. The number of carbonyl (C=O) groups excluding carboxylic acids is 2. The van der Waals surface area contributed by atoms with Crippen molar-refractivity contribution in [2.75, 3.05) is 49.2 Å². The van der Waals surface area contributed by atoms with Crippen molar-refractivity contribution in [2.45, 2.75) is 9.79 Å². The Hall–Kier alpha value is -1.70. The minimum absolute atomic E-state index is 0.0219. The first kappa shape index (κ1) is 24.0. The smallest absolute Gasteiger partial charge is 0.243 e. The third-order valence-corrected chi connectivity index (χ3v) is 11.9. The van der Waals surface area contributed by atoms with E-state index in [4.69, 9.17) is 0 Å². The first-order valence-electron chi connectivity index (χ1n) is 10.7. The highest BCUT2D eigenvalue weighted by Crippen LogP contribution is 2.32. The molecule has 2 aromatic carbocycles. The predicted molar refractivity (Wildman–Crippen MR) is 132 cm³/mol. The van der Waals surface area contributed by atoms with Crippen LogP contribution >= 0.6 is 23.5 Å². The lowest BCUT2D eigenvalue weighted by molar-refractivity contribution is 0.0978. The summed E-state index contributed by atoms with van der Waals surface area (Å²) in [5.41, 5.74) is 0.200. The first-order valence-corrected chi connectivity index (χ1v) is 15.9. The molecule has 34 heavy (non-hydrogen) atoms. The molecule has 2 aromatic rings. The highest BCUT2D eigenvalue weighted by Gasteiger charge is 2.35. The molecule has 12 heteroatoms. The molecule has 0 unspecified atom stereocenters. The van der Waals surface area contributed by atoms with Crippen molar-refractivity contribution in [1.82, 2.24) is 8.61 Å². The molecule has 0 N–H and O–H groups in total. The van der Waals surface area contributed by atoms with Crippen LogP contribution in [0.4, 0.5) is 0 Å². The Bertz CT molecular complexity index is 1280. The van der Waals surface area contributed by atoms with E-state index < -0.39 is 31.6 Å². The number of benzene rings is 2. The van der Waals surface area contributed by atoms with Gasteiger partial charge >= 0.3 is 0 Å². The van der Waals surface area contributed by atoms with Crippen molar-refractivity contribution < 1.29 is 26.4 Å². The molecule has 1 aliphatic carbocycles. The minimum atomic E-state index is -3.78. The van der Waals surface area contributed by atoms with Crippen molar-refractivity contribution in [1.29, 1.82) is 0 Å². The zero-order valence-electron chi connectivity index (χ0n) is 18.1. The largest absolute Gasteiger partial charge is 0.289 e. The standard InChI is InChI=1S/C22H22N2O6S4/c25-21-17-3-1-15(33(27,28)23-5-9-31-10-6-23)13-19(17)22(26)18-4-2-16(14-20(18)21)34(29,30)24-7-11-32-12-8-24/h1-4,13-14H,5-12H2. The van der Waals surface area contributed by atoms with Gasteiger partial charge in [-0.05, 0) is 36.4 Å². The Balaban J connectivity index is 1.51. The maximum atomic E-state index is 13.2. The normalized spacial score (nSPS) is 20.1. The maximum absolute atomic E-state index is 13.2. The Morgan fingerprint density at radius 1 is 0.559 bits per heavy atom. The molecule has 0 aromatic heterocycles. The van der Waals surface area contributed by atoms with Gasteiger partial charge in [0.1, 0.15) is 0 Å². The van der Waals surface area contributed by atoms with E-state index in [0.717, 1.165) is 0 Å². The van der Waals surface area contributed by atoms with E-state index in [1.165, 1.54) is 45.0 Å². The molecule has 0 saturated carbocycles. The summed E-state index contributed by atoms with van der Waals surface area (Å²) in [6, 6.07) is 7.94. The molecular weight excluding hydrogens is 517 g/mol. The number of rotatable bonds is 4. The predicted octanol–water partition coefficient (Wildman–Crippen LogP) is 1.94. The van der Waals surface area contributed by atoms with Gasteiger partial charge in [0, 0.05) is 71.4 Å². The van der Waals surface area contributed by atoms with Crippen LogP contribution in [0.2, 0.25) is 0 Å². The van der Waals surface area contributed by atoms with Crippen LogP contribution in [0.1, 0.15) is 31.8 Å². The van der Waals surface area contributed by atoms with E-state index in [0.29, 0.717) is 49.2 Å². The molecule has 0 spiro atoms. The maximum Gasteiger partial charge on any atom is 0.243 e. The molecule has 2 saturated heterocycles. The number of ketones is 2. The van der Waals surface area contributed by atoms with Crippen LogP contribution in [0, 0.1) is 0 Å². The number of thioether (sulfide) groups is 2. The summed E-state index contributed by atoms with van der Waals surface area (Å²) in [6.07, 6.45) is 0. The van der Waals surface area contributed by atoms with Gasteiger partial charge in [-0.2, -0.15) is 32.1 Å². The number of carbonyl (C=O) groups is 2. The van der Waals surface area contributed by atoms with Crippen LogP contribution < -0.4 is 0 Å². The van der Waals surface area contributed by atoms with E-state index in [-0.39, 0.29) is 32.0 Å². The molecular formula is C22H22N2O6S4. The number of sulfonamides is 2. The Morgan fingerprint density at radius 2 is 0.912 bits per heavy atom. The lowest BCUT2D eigenvalue weighted by Crippen LogP contribution is -2.38. The van der Waals surface area contributed by atoms with Gasteiger partial charge in [0.15, 0.2) is 11.6 Å². The second-order valence-corrected chi connectivity index (χ2v) is 14.4. The number of hydrogen-bond donors (Lipinski definition) is 0. The molecule has 0 atom stereocenters. The quantitative estimate of drug-likeness (QED) is 0.496. The summed E-state index contributed by atoms with van der Waals surface area (Å²) in [5, 5.41) is 0. The molecule has 2 heterocycles. The van der Waals surface area contributed by atoms with Crippen LogP contribution in [0.5, 0.6) is 0 Å². The van der Waals surface area contributed by atoms with Crippen LogP contribution in [-0.4, -0.2) is 86.2 Å². The Labute approximate surface area is 207 Å². The van der Waals surface area contributed by atoms with Crippen molar-refractivity contribution >= 4 is 55.1 Å². The second kappa shape index (κ2) is 9.07. The molecule has 8 nitrogen and oxygen atoms in total. The summed E-state index contributed by atoms with van der Waals surface area (Å²) < 4.78 is 55.0. The molecule has 0 amide bonds. The van der Waals surface area contributed by atoms with E-state index in [9.17, 15) is 26.4 Å². The third kappa shape index (κ3) is 4.03. The molecule has 2 fully saturated rings. The van der Waals surface area contributed by atoms with Gasteiger partial charge in [0.2, 0.25) is 20.0 Å². The average molecular weight is 539 g/mol. The molecule has 5 rings (SSSR count). The minimum Gasteiger partial charge on any atom is -0.289 e. The van der Waals surface area contributed by atoms with Crippen LogP contribution in [-0.2, 0) is 20.0 Å². The SMILES string of the molecule is O=C1c2ccc(S(=O)(=O)N3CCSCC3)cc2C(=O)c2ccc(S(=O)(=O)N3CCSCC3)cc21. The van der Waals surface area contributed by atoms with Crippen LogP contribution in [0.25, 0.3) is 0 Å². The lowest BCUT2D eigenvalue weighted by Gasteiger charge is -2.27. The van der Waals surface area contributed by atoms with E-state index >= 15 is 0 Å². The van der Waals surface area contributed by atoms with Gasteiger partial charge in [-0.25, -0.2) is 16.8 Å². The van der Waals surface area contributed by atoms with E-state index in [1.54, 1.807) is 23.5 Å². The number of nitrogens with zero attached hydrogens (tertiary/aromatic N) is 2. The van der Waals surface area contributed by atoms with Gasteiger partial charge in [-0.1, -0.05) is 0 Å². The summed E-state index contributed by atoms with van der Waals surface area (Å²) in [5.74, 6) is 1.84. The summed E-state index contributed by atoms with van der Waals surface area (Å²) in [4.78, 5) is 26.4.